The first-order chi connectivity index (χ1) is 8.53. The van der Waals surface area contributed by atoms with E-state index in [9.17, 15) is 14.4 Å². The molecule has 0 bridgehead atoms. The van der Waals surface area contributed by atoms with E-state index in [0.717, 1.165) is 0 Å². The largest absolute Gasteiger partial charge is 0.368 e. The first kappa shape index (κ1) is 17.4. The van der Waals surface area contributed by atoms with Gasteiger partial charge in [-0.2, -0.15) is 0 Å². The van der Waals surface area contributed by atoms with Gasteiger partial charge in [0.15, 0.2) is 0 Å². The third-order valence-corrected chi connectivity index (χ3v) is 2.40. The molecule has 0 unspecified atom stereocenters. The van der Waals surface area contributed by atoms with Crippen LogP contribution >= 0.6 is 0 Å². The zero-order chi connectivity index (χ0) is 15.2. The lowest BCUT2D eigenvalue weighted by Crippen LogP contribution is -2.47. The Morgan fingerprint density at radius 2 is 1.74 bits per heavy atom. The molecule has 0 aromatic rings. The number of hydrogen-bond donors (Lipinski definition) is 2. The predicted molar refractivity (Wildman–Crippen MR) is 73.1 cm³/mol. The molecule has 3 N–H and O–H groups in total. The Morgan fingerprint density at radius 3 is 2.11 bits per heavy atom. The molecule has 0 aliphatic carbocycles. The second-order valence-electron chi connectivity index (χ2n) is 6.10. The van der Waals surface area contributed by atoms with Crippen LogP contribution in [0.5, 0.6) is 0 Å². The van der Waals surface area contributed by atoms with Crippen molar-refractivity contribution in [1.82, 2.24) is 10.2 Å². The minimum absolute atomic E-state index is 0.111. The van der Waals surface area contributed by atoms with Crippen molar-refractivity contribution in [3.8, 4) is 0 Å². The van der Waals surface area contributed by atoms with E-state index in [-0.39, 0.29) is 36.4 Å². The number of nitrogens with two attached hydrogens (primary N) is 1. The summed E-state index contributed by atoms with van der Waals surface area (Å²) in [6.45, 7) is 9.17. The van der Waals surface area contributed by atoms with Crippen molar-refractivity contribution < 1.29 is 14.4 Å². The molecule has 3 amide bonds. The van der Waals surface area contributed by atoms with Crippen LogP contribution in [0.4, 0.5) is 0 Å². The molecule has 0 rings (SSSR count). The highest BCUT2D eigenvalue weighted by molar-refractivity contribution is 5.88. The van der Waals surface area contributed by atoms with Gasteiger partial charge in [-0.05, 0) is 19.3 Å². The van der Waals surface area contributed by atoms with Gasteiger partial charge in [-0.25, -0.2) is 0 Å². The van der Waals surface area contributed by atoms with Crippen LogP contribution in [0.1, 0.15) is 41.0 Å². The van der Waals surface area contributed by atoms with Gasteiger partial charge in [-0.15, -0.1) is 0 Å². The van der Waals surface area contributed by atoms with Crippen LogP contribution in [0.2, 0.25) is 0 Å². The minimum Gasteiger partial charge on any atom is -0.368 e. The average molecular weight is 271 g/mol. The van der Waals surface area contributed by atoms with Gasteiger partial charge in [0.05, 0.1) is 13.1 Å². The quantitative estimate of drug-likeness (QED) is 0.726. The van der Waals surface area contributed by atoms with Crippen LogP contribution in [0.3, 0.4) is 0 Å². The molecular formula is C13H25N3O3. The van der Waals surface area contributed by atoms with Crippen molar-refractivity contribution in [2.45, 2.75) is 47.1 Å². The summed E-state index contributed by atoms with van der Waals surface area (Å²) in [5.41, 5.74) is 4.96. The van der Waals surface area contributed by atoms with Crippen LogP contribution in [0.25, 0.3) is 0 Å². The van der Waals surface area contributed by atoms with Gasteiger partial charge in [0.2, 0.25) is 17.7 Å². The molecule has 0 aliphatic rings. The third-order valence-electron chi connectivity index (χ3n) is 2.40. The summed E-state index contributed by atoms with van der Waals surface area (Å²) in [6, 6.07) is -0.139. The number of carbonyl (C=O) groups excluding carboxylic acids is 3. The Bertz CT molecular complexity index is 346. The number of nitrogens with zero attached hydrogens (tertiary/aromatic N) is 1. The molecule has 0 heterocycles. The fraction of sp³-hybridized carbons (Fsp3) is 0.769. The van der Waals surface area contributed by atoms with Crippen molar-refractivity contribution in [1.29, 1.82) is 0 Å². The summed E-state index contributed by atoms with van der Waals surface area (Å²) in [5, 5.41) is 2.57. The number of rotatable bonds is 6. The average Bonchev–Trinajstić information content (AvgIpc) is 2.19. The maximum absolute atomic E-state index is 11.9. The highest BCUT2D eigenvalue weighted by Gasteiger charge is 2.21. The summed E-state index contributed by atoms with van der Waals surface area (Å²) in [5.74, 6) is -1.05. The topological polar surface area (TPSA) is 92.5 Å². The Hall–Kier alpha value is -1.59. The van der Waals surface area contributed by atoms with Crippen LogP contribution in [-0.4, -0.2) is 41.8 Å². The molecular weight excluding hydrogens is 246 g/mol. The van der Waals surface area contributed by atoms with Crippen molar-refractivity contribution in [2.75, 3.05) is 13.1 Å². The van der Waals surface area contributed by atoms with Gasteiger partial charge >= 0.3 is 0 Å². The summed E-state index contributed by atoms with van der Waals surface area (Å²) >= 11 is 0. The molecule has 110 valence electrons. The molecule has 0 aromatic carbocycles. The van der Waals surface area contributed by atoms with Crippen molar-refractivity contribution in [2.24, 2.45) is 11.1 Å². The summed E-state index contributed by atoms with van der Waals surface area (Å²) in [6.07, 6.45) is 0.345. The van der Waals surface area contributed by atoms with E-state index in [2.05, 4.69) is 5.32 Å². The van der Waals surface area contributed by atoms with E-state index < -0.39 is 5.91 Å². The molecule has 0 aromatic heterocycles. The SMILES string of the molecule is CC(C)N(CC(N)=O)C(=O)CNC(=O)CC(C)(C)C. The van der Waals surface area contributed by atoms with E-state index in [1.165, 1.54) is 4.90 Å². The van der Waals surface area contributed by atoms with Crippen LogP contribution < -0.4 is 11.1 Å². The van der Waals surface area contributed by atoms with Gasteiger partial charge in [0, 0.05) is 12.5 Å². The fourth-order valence-corrected chi connectivity index (χ4v) is 1.55. The molecule has 0 saturated heterocycles. The van der Waals surface area contributed by atoms with Gasteiger partial charge in [0.1, 0.15) is 0 Å². The normalized spacial score (nSPS) is 11.3. The van der Waals surface area contributed by atoms with E-state index in [1.54, 1.807) is 13.8 Å². The first-order valence-electron chi connectivity index (χ1n) is 6.37. The molecule has 0 atom stereocenters. The maximum atomic E-state index is 11.9. The number of primary amides is 1. The fourth-order valence-electron chi connectivity index (χ4n) is 1.55. The summed E-state index contributed by atoms with van der Waals surface area (Å²) in [7, 11) is 0. The zero-order valence-electron chi connectivity index (χ0n) is 12.4. The highest BCUT2D eigenvalue weighted by Crippen LogP contribution is 2.17. The number of amides is 3. The first-order valence-corrected chi connectivity index (χ1v) is 6.37. The smallest absolute Gasteiger partial charge is 0.242 e. The second-order valence-corrected chi connectivity index (χ2v) is 6.10. The molecule has 0 fully saturated rings. The van der Waals surface area contributed by atoms with E-state index in [0.29, 0.717) is 6.42 Å². The molecule has 0 aliphatic heterocycles. The van der Waals surface area contributed by atoms with Gasteiger partial charge in [-0.3, -0.25) is 14.4 Å². The van der Waals surface area contributed by atoms with Gasteiger partial charge in [-0.1, -0.05) is 20.8 Å². The van der Waals surface area contributed by atoms with Crippen molar-refractivity contribution >= 4 is 17.7 Å². The predicted octanol–water partition coefficient (Wildman–Crippen LogP) is 0.261. The lowest BCUT2D eigenvalue weighted by molar-refractivity contribution is -0.137. The summed E-state index contributed by atoms with van der Waals surface area (Å²) < 4.78 is 0. The van der Waals surface area contributed by atoms with Crippen molar-refractivity contribution in [3.63, 3.8) is 0 Å². The maximum Gasteiger partial charge on any atom is 0.242 e. The lowest BCUT2D eigenvalue weighted by atomic mass is 9.92. The standard InChI is InChI=1S/C13H25N3O3/c1-9(2)16(8-10(14)17)12(19)7-15-11(18)6-13(3,4)5/h9H,6-8H2,1-5H3,(H2,14,17)(H,15,18). The lowest BCUT2D eigenvalue weighted by Gasteiger charge is -2.25. The Morgan fingerprint density at radius 1 is 1.21 bits per heavy atom. The molecule has 19 heavy (non-hydrogen) atoms. The van der Waals surface area contributed by atoms with E-state index in [1.807, 2.05) is 20.8 Å². The van der Waals surface area contributed by atoms with Crippen LogP contribution in [0, 0.1) is 5.41 Å². The molecule has 0 radical (unpaired) electrons. The second kappa shape index (κ2) is 7.11. The summed E-state index contributed by atoms with van der Waals surface area (Å²) in [4.78, 5) is 35.7. The number of carbonyl (C=O) groups is 3. The zero-order valence-corrected chi connectivity index (χ0v) is 12.4. The van der Waals surface area contributed by atoms with Crippen LogP contribution in [-0.2, 0) is 14.4 Å². The monoisotopic (exact) mass is 271 g/mol. The molecule has 0 spiro atoms. The minimum atomic E-state index is -0.567. The Kier molecular flexibility index (Phi) is 6.52. The highest BCUT2D eigenvalue weighted by atomic mass is 16.2. The van der Waals surface area contributed by atoms with Crippen LogP contribution in [0.15, 0.2) is 0 Å². The Labute approximate surface area is 114 Å². The molecule has 0 saturated carbocycles. The van der Waals surface area contributed by atoms with Crippen molar-refractivity contribution in [3.05, 3.63) is 0 Å². The number of hydrogen-bond acceptors (Lipinski definition) is 3. The number of nitrogens with one attached hydrogen (secondary N) is 1. The van der Waals surface area contributed by atoms with Gasteiger partial charge < -0.3 is 16.0 Å². The van der Waals surface area contributed by atoms with Gasteiger partial charge in [0.25, 0.3) is 0 Å². The van der Waals surface area contributed by atoms with E-state index in [4.69, 9.17) is 5.73 Å². The van der Waals surface area contributed by atoms with E-state index >= 15 is 0 Å². The third kappa shape index (κ3) is 8.18. The molecule has 6 heteroatoms. The Balaban J connectivity index is 4.34. The molecule has 6 nitrogen and oxygen atoms in total.